The van der Waals surface area contributed by atoms with E-state index in [1.807, 2.05) is 31.2 Å². The molecule has 0 radical (unpaired) electrons. The molecule has 1 heterocycles. The van der Waals surface area contributed by atoms with E-state index in [1.54, 1.807) is 18.2 Å². The molecule has 0 aliphatic carbocycles. The number of hydrogen-bond donors (Lipinski definition) is 1. The summed E-state index contributed by atoms with van der Waals surface area (Å²) < 4.78 is 14.6. The number of aryl methyl sites for hydroxylation is 1. The summed E-state index contributed by atoms with van der Waals surface area (Å²) in [7, 11) is 0. The van der Waals surface area contributed by atoms with Crippen LogP contribution in [0.15, 0.2) is 48.5 Å². The van der Waals surface area contributed by atoms with Crippen LogP contribution in [0.4, 0.5) is 4.39 Å². The highest BCUT2D eigenvalue weighted by atomic mass is 32.1. The topological polar surface area (TPSA) is 29.1 Å². The smallest absolute Gasteiger partial charge is 0.261 e. The third-order valence-corrected chi connectivity index (χ3v) is 4.72. The third-order valence-electron chi connectivity index (χ3n) is 3.45. The number of nitrogens with one attached hydrogen (secondary N) is 1. The van der Waals surface area contributed by atoms with Crippen molar-refractivity contribution in [3.8, 4) is 0 Å². The second-order valence-electron chi connectivity index (χ2n) is 4.83. The molecule has 106 valence electrons. The van der Waals surface area contributed by atoms with Gasteiger partial charge in [0.25, 0.3) is 5.91 Å². The standard InChI is InChI=1S/C17H14FNOS/c1-11-13-7-3-5-9-15(13)21-16(11)17(20)19-10-12-6-2-4-8-14(12)18/h2-9H,10H2,1H3,(H,19,20). The Balaban J connectivity index is 1.81. The van der Waals surface area contributed by atoms with E-state index >= 15 is 0 Å². The minimum Gasteiger partial charge on any atom is -0.347 e. The molecule has 1 aromatic heterocycles. The molecule has 2 nitrogen and oxygen atoms in total. The molecule has 21 heavy (non-hydrogen) atoms. The molecule has 0 unspecified atom stereocenters. The van der Waals surface area contributed by atoms with Crippen LogP contribution in [0.3, 0.4) is 0 Å². The average Bonchev–Trinajstić information content (AvgIpc) is 2.84. The molecule has 1 amide bonds. The number of amides is 1. The molecule has 3 rings (SSSR count). The molecule has 0 spiro atoms. The van der Waals surface area contributed by atoms with Gasteiger partial charge in [-0.05, 0) is 30.0 Å². The largest absolute Gasteiger partial charge is 0.347 e. The summed E-state index contributed by atoms with van der Waals surface area (Å²) in [6.07, 6.45) is 0. The van der Waals surface area contributed by atoms with E-state index in [4.69, 9.17) is 0 Å². The molecule has 0 bridgehead atoms. The maximum atomic E-state index is 13.5. The van der Waals surface area contributed by atoms with Gasteiger partial charge in [0, 0.05) is 16.8 Å². The zero-order valence-electron chi connectivity index (χ0n) is 11.5. The van der Waals surface area contributed by atoms with Crippen molar-refractivity contribution in [3.63, 3.8) is 0 Å². The zero-order chi connectivity index (χ0) is 14.8. The fourth-order valence-electron chi connectivity index (χ4n) is 2.29. The molecule has 1 N–H and O–H groups in total. The Kier molecular flexibility index (Phi) is 3.71. The molecule has 0 aliphatic heterocycles. The summed E-state index contributed by atoms with van der Waals surface area (Å²) in [5, 5.41) is 3.89. The SMILES string of the molecule is Cc1c(C(=O)NCc2ccccc2F)sc2ccccc12. The van der Waals surface area contributed by atoms with Crippen LogP contribution >= 0.6 is 11.3 Å². The van der Waals surface area contributed by atoms with E-state index in [2.05, 4.69) is 5.32 Å². The van der Waals surface area contributed by atoms with Gasteiger partial charge >= 0.3 is 0 Å². The van der Waals surface area contributed by atoms with Gasteiger partial charge in [-0.2, -0.15) is 0 Å². The van der Waals surface area contributed by atoms with Crippen molar-refractivity contribution in [3.05, 3.63) is 70.4 Å². The average molecular weight is 299 g/mol. The first kappa shape index (κ1) is 13.8. The van der Waals surface area contributed by atoms with Crippen LogP contribution in [0.25, 0.3) is 10.1 Å². The molecular formula is C17H14FNOS. The maximum Gasteiger partial charge on any atom is 0.261 e. The first-order valence-electron chi connectivity index (χ1n) is 6.66. The fraction of sp³-hybridized carbons (Fsp3) is 0.118. The van der Waals surface area contributed by atoms with Crippen molar-refractivity contribution in [2.75, 3.05) is 0 Å². The Morgan fingerprint density at radius 1 is 1.14 bits per heavy atom. The van der Waals surface area contributed by atoms with Crippen LogP contribution in [0.1, 0.15) is 20.8 Å². The summed E-state index contributed by atoms with van der Waals surface area (Å²) in [6, 6.07) is 14.4. The van der Waals surface area contributed by atoms with Gasteiger partial charge in [-0.3, -0.25) is 4.79 Å². The lowest BCUT2D eigenvalue weighted by Crippen LogP contribution is -2.23. The molecule has 3 aromatic rings. The monoisotopic (exact) mass is 299 g/mol. The van der Waals surface area contributed by atoms with E-state index < -0.39 is 0 Å². The third kappa shape index (κ3) is 2.67. The van der Waals surface area contributed by atoms with E-state index in [0.717, 1.165) is 15.6 Å². The van der Waals surface area contributed by atoms with Crippen LogP contribution in [0.2, 0.25) is 0 Å². The van der Waals surface area contributed by atoms with Crippen molar-refractivity contribution in [1.82, 2.24) is 5.32 Å². The van der Waals surface area contributed by atoms with Gasteiger partial charge in [0.15, 0.2) is 0 Å². The van der Waals surface area contributed by atoms with Gasteiger partial charge < -0.3 is 5.32 Å². The molecule has 0 saturated carbocycles. The summed E-state index contributed by atoms with van der Waals surface area (Å²) >= 11 is 1.47. The summed E-state index contributed by atoms with van der Waals surface area (Å²) in [5.41, 5.74) is 1.46. The van der Waals surface area contributed by atoms with E-state index in [1.165, 1.54) is 17.4 Å². The second-order valence-corrected chi connectivity index (χ2v) is 5.88. The predicted molar refractivity (Wildman–Crippen MR) is 84.1 cm³/mol. The molecule has 2 aromatic carbocycles. The number of rotatable bonds is 3. The lowest BCUT2D eigenvalue weighted by Gasteiger charge is -2.05. The molecule has 0 aliphatic rings. The van der Waals surface area contributed by atoms with Crippen molar-refractivity contribution < 1.29 is 9.18 Å². The van der Waals surface area contributed by atoms with Gasteiger partial charge in [-0.25, -0.2) is 4.39 Å². The molecule has 0 atom stereocenters. The van der Waals surface area contributed by atoms with Crippen molar-refractivity contribution in [2.24, 2.45) is 0 Å². The van der Waals surface area contributed by atoms with Crippen LogP contribution < -0.4 is 5.32 Å². The molecule has 4 heteroatoms. The minimum absolute atomic E-state index is 0.156. The Morgan fingerprint density at radius 3 is 2.62 bits per heavy atom. The van der Waals surface area contributed by atoms with Crippen molar-refractivity contribution in [1.29, 1.82) is 0 Å². The Labute approximate surface area is 126 Å². The number of fused-ring (bicyclic) bond motifs is 1. The van der Waals surface area contributed by atoms with Gasteiger partial charge in [-0.1, -0.05) is 36.4 Å². The summed E-state index contributed by atoms with van der Waals surface area (Å²) in [4.78, 5) is 13.0. The van der Waals surface area contributed by atoms with Crippen LogP contribution in [0.5, 0.6) is 0 Å². The van der Waals surface area contributed by atoms with Crippen molar-refractivity contribution >= 4 is 27.3 Å². The lowest BCUT2D eigenvalue weighted by molar-refractivity contribution is 0.0954. The highest BCUT2D eigenvalue weighted by Gasteiger charge is 2.15. The highest BCUT2D eigenvalue weighted by molar-refractivity contribution is 7.21. The first-order chi connectivity index (χ1) is 10.2. The zero-order valence-corrected chi connectivity index (χ0v) is 12.3. The molecule has 0 fully saturated rings. The fourth-order valence-corrected chi connectivity index (χ4v) is 3.41. The number of carbonyl (C=O) groups excluding carboxylic acids is 1. The highest BCUT2D eigenvalue weighted by Crippen LogP contribution is 2.30. The van der Waals surface area contributed by atoms with Gasteiger partial charge in [0.1, 0.15) is 5.82 Å². The Morgan fingerprint density at radius 2 is 1.86 bits per heavy atom. The van der Waals surface area contributed by atoms with Crippen molar-refractivity contribution in [2.45, 2.75) is 13.5 Å². The van der Waals surface area contributed by atoms with E-state index in [9.17, 15) is 9.18 Å². The predicted octanol–water partition coefficient (Wildman–Crippen LogP) is 4.28. The summed E-state index contributed by atoms with van der Waals surface area (Å²) in [6.45, 7) is 2.13. The minimum atomic E-state index is -0.300. The Hall–Kier alpha value is -2.20. The van der Waals surface area contributed by atoms with Gasteiger partial charge in [0.2, 0.25) is 0 Å². The first-order valence-corrected chi connectivity index (χ1v) is 7.48. The summed E-state index contributed by atoms with van der Waals surface area (Å²) in [5.74, 6) is -0.456. The quantitative estimate of drug-likeness (QED) is 0.768. The van der Waals surface area contributed by atoms with Crippen LogP contribution in [-0.4, -0.2) is 5.91 Å². The second kappa shape index (κ2) is 5.66. The number of benzene rings is 2. The molecule has 0 saturated heterocycles. The number of hydrogen-bond acceptors (Lipinski definition) is 2. The van der Waals surface area contributed by atoms with Gasteiger partial charge in [0.05, 0.1) is 4.88 Å². The lowest BCUT2D eigenvalue weighted by atomic mass is 10.1. The number of halogens is 1. The number of carbonyl (C=O) groups is 1. The normalized spacial score (nSPS) is 10.8. The van der Waals surface area contributed by atoms with Crippen LogP contribution in [0, 0.1) is 12.7 Å². The van der Waals surface area contributed by atoms with E-state index in [0.29, 0.717) is 10.4 Å². The maximum absolute atomic E-state index is 13.5. The van der Waals surface area contributed by atoms with E-state index in [-0.39, 0.29) is 18.3 Å². The molecular weight excluding hydrogens is 285 g/mol. The van der Waals surface area contributed by atoms with Crippen LogP contribution in [-0.2, 0) is 6.54 Å². The Bertz CT molecular complexity index is 809. The number of thiophene rings is 1. The van der Waals surface area contributed by atoms with Gasteiger partial charge in [-0.15, -0.1) is 11.3 Å².